The largest absolute Gasteiger partial charge is 0.354 e. The van der Waals surface area contributed by atoms with E-state index in [9.17, 15) is 0 Å². The van der Waals surface area contributed by atoms with Crippen molar-refractivity contribution in [2.75, 3.05) is 23.7 Å². The fourth-order valence-corrected chi connectivity index (χ4v) is 1.19. The fourth-order valence-electron chi connectivity index (χ4n) is 1.03. The highest BCUT2D eigenvalue weighted by atomic mass is 35.5. The predicted molar refractivity (Wildman–Crippen MR) is 73.0 cm³/mol. The van der Waals surface area contributed by atoms with Gasteiger partial charge in [-0.1, -0.05) is 0 Å². The highest BCUT2D eigenvalue weighted by Gasteiger charge is 2.01. The average molecular weight is 283 g/mol. The van der Waals surface area contributed by atoms with Gasteiger partial charge in [-0.15, -0.1) is 10.2 Å². The molecule has 0 aliphatic rings. The maximum atomic E-state index is 5.68. The van der Waals surface area contributed by atoms with Crippen LogP contribution in [0.25, 0.3) is 0 Å². The standard InChI is InChI=1S/C7H12ClN5.C3H3N3/c1-3-9-6-11-5(8)12-7(13-6)10-4-2;1-2-4-6-5-3-1/h3-4H2,1-2H3,(H2,9,10,11,12,13);1-3H. The highest BCUT2D eigenvalue weighted by Crippen LogP contribution is 2.08. The van der Waals surface area contributed by atoms with Crippen LogP contribution >= 0.6 is 11.6 Å². The van der Waals surface area contributed by atoms with E-state index in [-0.39, 0.29) is 5.28 Å². The molecule has 0 aliphatic heterocycles. The summed E-state index contributed by atoms with van der Waals surface area (Å²) in [5, 5.41) is 16.2. The second-order valence-corrected chi connectivity index (χ2v) is 3.46. The Kier molecular flexibility index (Phi) is 7.03. The van der Waals surface area contributed by atoms with Gasteiger partial charge < -0.3 is 10.6 Å². The first-order valence-electron chi connectivity index (χ1n) is 5.74. The number of hydrogen-bond acceptors (Lipinski definition) is 8. The lowest BCUT2D eigenvalue weighted by atomic mass is 10.7. The zero-order valence-electron chi connectivity index (χ0n) is 10.7. The number of hydrogen-bond donors (Lipinski definition) is 2. The molecule has 0 spiro atoms. The van der Waals surface area contributed by atoms with Crippen LogP contribution in [-0.2, 0) is 0 Å². The number of rotatable bonds is 4. The quantitative estimate of drug-likeness (QED) is 0.864. The molecule has 2 N–H and O–H groups in total. The normalized spacial score (nSPS) is 9.21. The molecule has 0 fully saturated rings. The number of anilines is 2. The number of nitrogens with zero attached hydrogens (tertiary/aromatic N) is 6. The van der Waals surface area contributed by atoms with Gasteiger partial charge in [0.25, 0.3) is 0 Å². The molecule has 0 saturated carbocycles. The molecule has 0 amide bonds. The second-order valence-electron chi connectivity index (χ2n) is 3.12. The summed E-state index contributed by atoms with van der Waals surface area (Å²) in [5.74, 6) is 0.997. The Morgan fingerprint density at radius 3 is 1.79 bits per heavy atom. The molecule has 9 heteroatoms. The van der Waals surface area contributed by atoms with E-state index in [1.807, 2.05) is 13.8 Å². The Morgan fingerprint density at radius 2 is 1.47 bits per heavy atom. The third-order valence-corrected chi connectivity index (χ3v) is 1.86. The Balaban J connectivity index is 0.000000250. The summed E-state index contributed by atoms with van der Waals surface area (Å²) in [7, 11) is 0. The minimum Gasteiger partial charge on any atom is -0.354 e. The Morgan fingerprint density at radius 1 is 0.947 bits per heavy atom. The van der Waals surface area contributed by atoms with Crippen LogP contribution in [0.2, 0.25) is 5.28 Å². The van der Waals surface area contributed by atoms with Crippen molar-refractivity contribution in [2.45, 2.75) is 13.8 Å². The van der Waals surface area contributed by atoms with Crippen LogP contribution in [0.5, 0.6) is 0 Å². The summed E-state index contributed by atoms with van der Waals surface area (Å²) in [6, 6.07) is 1.72. The van der Waals surface area contributed by atoms with Crippen LogP contribution in [0.1, 0.15) is 13.8 Å². The third-order valence-electron chi connectivity index (χ3n) is 1.69. The van der Waals surface area contributed by atoms with Crippen molar-refractivity contribution in [3.05, 3.63) is 23.7 Å². The topological polar surface area (TPSA) is 101 Å². The molecule has 0 radical (unpaired) electrons. The van der Waals surface area contributed by atoms with Crippen molar-refractivity contribution in [3.8, 4) is 0 Å². The van der Waals surface area contributed by atoms with Gasteiger partial charge in [-0.05, 0) is 36.7 Å². The van der Waals surface area contributed by atoms with Crippen molar-refractivity contribution in [1.29, 1.82) is 0 Å². The zero-order valence-corrected chi connectivity index (χ0v) is 11.5. The summed E-state index contributed by atoms with van der Waals surface area (Å²) in [4.78, 5) is 11.9. The molecule has 0 aromatic carbocycles. The van der Waals surface area contributed by atoms with E-state index < -0.39 is 0 Å². The molecule has 102 valence electrons. The molecular formula is C10H15ClN8. The molecule has 19 heavy (non-hydrogen) atoms. The molecule has 0 atom stereocenters. The molecular weight excluding hydrogens is 268 g/mol. The summed E-state index contributed by atoms with van der Waals surface area (Å²) < 4.78 is 0. The third kappa shape index (κ3) is 6.41. The maximum Gasteiger partial charge on any atom is 0.228 e. The van der Waals surface area contributed by atoms with Crippen molar-refractivity contribution in [2.24, 2.45) is 0 Å². The fraction of sp³-hybridized carbons (Fsp3) is 0.400. The molecule has 2 rings (SSSR count). The van der Waals surface area contributed by atoms with E-state index in [0.717, 1.165) is 13.1 Å². The van der Waals surface area contributed by atoms with Gasteiger partial charge in [0.15, 0.2) is 0 Å². The van der Waals surface area contributed by atoms with E-state index in [4.69, 9.17) is 11.6 Å². The number of aromatic nitrogens is 6. The average Bonchev–Trinajstić information content (AvgIpc) is 2.41. The van der Waals surface area contributed by atoms with Crippen LogP contribution in [0.4, 0.5) is 11.9 Å². The SMILES string of the molecule is CCNc1nc(Cl)nc(NCC)n1.c1cnnnc1. The molecule has 2 heterocycles. The Hall–Kier alpha value is -2.09. The van der Waals surface area contributed by atoms with Gasteiger partial charge in [-0.25, -0.2) is 0 Å². The van der Waals surface area contributed by atoms with Crippen molar-refractivity contribution >= 4 is 23.5 Å². The maximum absolute atomic E-state index is 5.68. The van der Waals surface area contributed by atoms with E-state index in [2.05, 4.69) is 41.0 Å². The summed E-state index contributed by atoms with van der Waals surface area (Å²) in [5.41, 5.74) is 0. The van der Waals surface area contributed by atoms with Gasteiger partial charge in [-0.2, -0.15) is 15.0 Å². The zero-order chi connectivity index (χ0) is 13.9. The van der Waals surface area contributed by atoms with E-state index in [1.165, 1.54) is 0 Å². The van der Waals surface area contributed by atoms with Gasteiger partial charge >= 0.3 is 0 Å². The molecule has 0 saturated heterocycles. The van der Waals surface area contributed by atoms with Crippen LogP contribution in [0.3, 0.4) is 0 Å². The minimum atomic E-state index is 0.196. The van der Waals surface area contributed by atoms with Gasteiger partial charge in [0.1, 0.15) is 0 Å². The Labute approximate surface area is 116 Å². The lowest BCUT2D eigenvalue weighted by molar-refractivity contribution is 0.865. The van der Waals surface area contributed by atoms with Gasteiger partial charge in [-0.3, -0.25) is 0 Å². The molecule has 2 aromatic rings. The second kappa shape index (κ2) is 8.92. The molecule has 8 nitrogen and oxygen atoms in total. The highest BCUT2D eigenvalue weighted by molar-refractivity contribution is 6.28. The van der Waals surface area contributed by atoms with Crippen molar-refractivity contribution in [1.82, 2.24) is 30.4 Å². The smallest absolute Gasteiger partial charge is 0.228 e. The van der Waals surface area contributed by atoms with E-state index in [0.29, 0.717) is 11.9 Å². The van der Waals surface area contributed by atoms with Crippen LogP contribution in [0.15, 0.2) is 18.5 Å². The van der Waals surface area contributed by atoms with Gasteiger partial charge in [0.05, 0.1) is 12.4 Å². The monoisotopic (exact) mass is 282 g/mol. The lowest BCUT2D eigenvalue weighted by Gasteiger charge is -2.04. The van der Waals surface area contributed by atoms with Gasteiger partial charge in [0.2, 0.25) is 17.2 Å². The first-order valence-corrected chi connectivity index (χ1v) is 6.11. The molecule has 0 bridgehead atoms. The number of nitrogens with one attached hydrogen (secondary N) is 2. The first-order chi connectivity index (χ1) is 9.26. The van der Waals surface area contributed by atoms with E-state index >= 15 is 0 Å². The van der Waals surface area contributed by atoms with Crippen LogP contribution < -0.4 is 10.6 Å². The van der Waals surface area contributed by atoms with Crippen LogP contribution in [-0.4, -0.2) is 43.5 Å². The summed E-state index contributed by atoms with van der Waals surface area (Å²) in [6.45, 7) is 5.44. The predicted octanol–water partition coefficient (Wildman–Crippen LogP) is 1.26. The van der Waals surface area contributed by atoms with Crippen molar-refractivity contribution < 1.29 is 0 Å². The van der Waals surface area contributed by atoms with Crippen molar-refractivity contribution in [3.63, 3.8) is 0 Å². The van der Waals surface area contributed by atoms with E-state index in [1.54, 1.807) is 18.5 Å². The minimum absolute atomic E-state index is 0.196. The summed E-state index contributed by atoms with van der Waals surface area (Å²) >= 11 is 5.68. The molecule has 0 unspecified atom stereocenters. The molecule has 0 aliphatic carbocycles. The number of halogens is 1. The lowest BCUT2D eigenvalue weighted by Crippen LogP contribution is -2.08. The summed E-state index contributed by atoms with van der Waals surface area (Å²) in [6.07, 6.45) is 3.15. The van der Waals surface area contributed by atoms with Crippen LogP contribution in [0, 0.1) is 0 Å². The first kappa shape index (κ1) is 15.0. The van der Waals surface area contributed by atoms with Gasteiger partial charge in [0, 0.05) is 13.1 Å². The Bertz CT molecular complexity index is 415. The molecule has 2 aromatic heterocycles.